The summed E-state index contributed by atoms with van der Waals surface area (Å²) in [6.45, 7) is 3.19. The molecule has 0 bridgehead atoms. The number of carbonyl (C=O) groups is 2. The van der Waals surface area contributed by atoms with Crippen LogP contribution in [0.1, 0.15) is 32.9 Å². The number of benzene rings is 2. The molecule has 2 heterocycles. The Balaban J connectivity index is 1.63. The number of rotatable bonds is 5. The number of para-hydroxylation sites is 1. The molecule has 1 N–H and O–H groups in total. The molecule has 0 aliphatic carbocycles. The third-order valence-electron chi connectivity index (χ3n) is 5.44. The molecular formula is C24H24N4O4. The second-order valence-corrected chi connectivity index (χ2v) is 7.82. The zero-order valence-corrected chi connectivity index (χ0v) is 17.9. The van der Waals surface area contributed by atoms with Crippen molar-refractivity contribution in [2.75, 3.05) is 11.9 Å². The van der Waals surface area contributed by atoms with E-state index in [4.69, 9.17) is 19.8 Å². The summed E-state index contributed by atoms with van der Waals surface area (Å²) in [7, 11) is 0. The number of nitrogens with zero attached hydrogens (tertiary/aromatic N) is 3. The van der Waals surface area contributed by atoms with Crippen LogP contribution in [0.5, 0.6) is 0 Å². The molecule has 0 saturated carbocycles. The maximum absolute atomic E-state index is 12.3. The van der Waals surface area contributed by atoms with E-state index in [9.17, 15) is 9.59 Å². The Hall–Kier alpha value is -3.70. The summed E-state index contributed by atoms with van der Waals surface area (Å²) in [6.07, 6.45) is 0.364. The molecule has 164 valence electrons. The minimum absolute atomic E-state index is 0.0813. The van der Waals surface area contributed by atoms with Gasteiger partial charge in [-0.15, -0.1) is 0 Å². The summed E-state index contributed by atoms with van der Waals surface area (Å²) >= 11 is 0. The number of nitriles is 1. The van der Waals surface area contributed by atoms with Crippen LogP contribution in [0, 0.1) is 17.2 Å². The minimum atomic E-state index is -0.892. The summed E-state index contributed by atoms with van der Waals surface area (Å²) in [5.74, 6) is -0.998. The maximum atomic E-state index is 12.3. The minimum Gasteiger partial charge on any atom is -0.453 e. The molecule has 1 amide bonds. The monoisotopic (exact) mass is 432 g/mol. The number of carbonyl (C=O) groups excluding carboxylic acids is 2. The number of anilines is 1. The molecule has 1 aliphatic rings. The van der Waals surface area contributed by atoms with Crippen LogP contribution in [-0.4, -0.2) is 34.4 Å². The number of ether oxygens (including phenoxy) is 2. The van der Waals surface area contributed by atoms with Crippen LogP contribution in [0.15, 0.2) is 48.5 Å². The lowest BCUT2D eigenvalue weighted by Crippen LogP contribution is -2.29. The van der Waals surface area contributed by atoms with Crippen LogP contribution in [0.2, 0.25) is 0 Å². The zero-order chi connectivity index (χ0) is 22.7. The SMILES string of the molecule is CC(=O)O[C@@H](C)C(=O)Nc1cccc(-c2nn(C3CCC(C#N)CO3)c3ccccc23)c1. The highest BCUT2D eigenvalue weighted by Gasteiger charge is 2.26. The van der Waals surface area contributed by atoms with Gasteiger partial charge in [0.25, 0.3) is 5.91 Å². The summed E-state index contributed by atoms with van der Waals surface area (Å²) in [4.78, 5) is 23.4. The van der Waals surface area contributed by atoms with Crippen molar-refractivity contribution in [3.05, 3.63) is 48.5 Å². The third-order valence-corrected chi connectivity index (χ3v) is 5.44. The van der Waals surface area contributed by atoms with Gasteiger partial charge in [0.2, 0.25) is 0 Å². The highest BCUT2D eigenvalue weighted by Crippen LogP contribution is 2.34. The van der Waals surface area contributed by atoms with Crippen molar-refractivity contribution in [2.24, 2.45) is 5.92 Å². The normalized spacial score (nSPS) is 19.2. The van der Waals surface area contributed by atoms with Gasteiger partial charge in [0.1, 0.15) is 5.69 Å². The van der Waals surface area contributed by atoms with Crippen LogP contribution in [0.4, 0.5) is 5.69 Å². The lowest BCUT2D eigenvalue weighted by Gasteiger charge is -2.26. The maximum Gasteiger partial charge on any atom is 0.303 e. The van der Waals surface area contributed by atoms with E-state index in [1.54, 1.807) is 6.07 Å². The van der Waals surface area contributed by atoms with Crippen LogP contribution in [-0.2, 0) is 19.1 Å². The molecule has 2 aromatic carbocycles. The third kappa shape index (κ3) is 4.48. The van der Waals surface area contributed by atoms with E-state index in [1.807, 2.05) is 47.1 Å². The molecule has 32 heavy (non-hydrogen) atoms. The fraction of sp³-hybridized carbons (Fsp3) is 0.333. The number of hydrogen-bond donors (Lipinski definition) is 1. The smallest absolute Gasteiger partial charge is 0.303 e. The number of aromatic nitrogens is 2. The number of nitrogens with one attached hydrogen (secondary N) is 1. The first-order chi connectivity index (χ1) is 15.5. The van der Waals surface area contributed by atoms with E-state index >= 15 is 0 Å². The molecule has 8 nitrogen and oxygen atoms in total. The second kappa shape index (κ2) is 9.20. The van der Waals surface area contributed by atoms with Gasteiger partial charge in [-0.3, -0.25) is 9.59 Å². The molecule has 1 aliphatic heterocycles. The standard InChI is InChI=1S/C24H24N4O4/c1-15(32-16(2)29)24(30)26-19-7-5-6-18(12-19)23-20-8-3-4-9-21(20)28(27-23)22-11-10-17(13-25)14-31-22/h3-9,12,15,17,22H,10-11,14H2,1-2H3,(H,26,30)/t15-,17?,22?/m0/s1. The van der Waals surface area contributed by atoms with E-state index in [-0.39, 0.29) is 12.1 Å². The Kier molecular flexibility index (Phi) is 6.19. The number of amides is 1. The van der Waals surface area contributed by atoms with E-state index in [0.717, 1.165) is 28.6 Å². The summed E-state index contributed by atoms with van der Waals surface area (Å²) < 4.78 is 12.8. The average molecular weight is 432 g/mol. The largest absolute Gasteiger partial charge is 0.453 e. The summed E-state index contributed by atoms with van der Waals surface area (Å²) in [6, 6.07) is 17.6. The van der Waals surface area contributed by atoms with Gasteiger partial charge >= 0.3 is 5.97 Å². The van der Waals surface area contributed by atoms with Gasteiger partial charge in [-0.05, 0) is 38.0 Å². The molecule has 2 unspecified atom stereocenters. The first kappa shape index (κ1) is 21.5. The van der Waals surface area contributed by atoms with Crippen LogP contribution in [0.25, 0.3) is 22.2 Å². The number of esters is 1. The molecule has 4 rings (SSSR count). The Morgan fingerprint density at radius 1 is 1.25 bits per heavy atom. The first-order valence-electron chi connectivity index (χ1n) is 10.5. The van der Waals surface area contributed by atoms with Gasteiger partial charge in [-0.25, -0.2) is 4.68 Å². The van der Waals surface area contributed by atoms with Crippen molar-refractivity contribution in [3.63, 3.8) is 0 Å². The van der Waals surface area contributed by atoms with Gasteiger partial charge in [-0.2, -0.15) is 10.4 Å². The fourth-order valence-corrected chi connectivity index (χ4v) is 3.84. The molecule has 3 aromatic rings. The lowest BCUT2D eigenvalue weighted by molar-refractivity contribution is -0.150. The van der Waals surface area contributed by atoms with Crippen molar-refractivity contribution in [1.82, 2.24) is 9.78 Å². The van der Waals surface area contributed by atoms with Gasteiger partial charge in [0, 0.05) is 23.6 Å². The second-order valence-electron chi connectivity index (χ2n) is 7.82. The van der Waals surface area contributed by atoms with Crippen LogP contribution < -0.4 is 5.32 Å². The molecule has 8 heteroatoms. The average Bonchev–Trinajstić information content (AvgIpc) is 3.18. The predicted octanol–water partition coefficient (Wildman–Crippen LogP) is 4.04. The Morgan fingerprint density at radius 3 is 2.78 bits per heavy atom. The fourth-order valence-electron chi connectivity index (χ4n) is 3.84. The molecular weight excluding hydrogens is 408 g/mol. The topological polar surface area (TPSA) is 106 Å². The highest BCUT2D eigenvalue weighted by molar-refractivity contribution is 5.97. The highest BCUT2D eigenvalue weighted by atomic mass is 16.5. The van der Waals surface area contributed by atoms with Gasteiger partial charge < -0.3 is 14.8 Å². The lowest BCUT2D eigenvalue weighted by atomic mass is 10.0. The Morgan fingerprint density at radius 2 is 2.06 bits per heavy atom. The first-order valence-corrected chi connectivity index (χ1v) is 10.5. The van der Waals surface area contributed by atoms with Crippen molar-refractivity contribution in [1.29, 1.82) is 5.26 Å². The molecule has 0 spiro atoms. The van der Waals surface area contributed by atoms with Crippen molar-refractivity contribution >= 4 is 28.5 Å². The molecule has 1 saturated heterocycles. The summed E-state index contributed by atoms with van der Waals surface area (Å²) in [5.41, 5.74) is 3.14. The molecule has 1 fully saturated rings. The molecule has 3 atom stereocenters. The number of fused-ring (bicyclic) bond motifs is 1. The van der Waals surface area contributed by atoms with Crippen molar-refractivity contribution < 1.29 is 19.1 Å². The van der Waals surface area contributed by atoms with Crippen LogP contribution >= 0.6 is 0 Å². The van der Waals surface area contributed by atoms with Gasteiger partial charge in [0.05, 0.1) is 24.1 Å². The Labute approximate surface area is 185 Å². The van der Waals surface area contributed by atoms with E-state index in [1.165, 1.54) is 13.8 Å². The molecule has 0 radical (unpaired) electrons. The van der Waals surface area contributed by atoms with E-state index < -0.39 is 18.0 Å². The van der Waals surface area contributed by atoms with Gasteiger partial charge in [-0.1, -0.05) is 30.3 Å². The zero-order valence-electron chi connectivity index (χ0n) is 17.9. The van der Waals surface area contributed by atoms with Crippen molar-refractivity contribution in [3.8, 4) is 17.3 Å². The Bertz CT molecular complexity index is 1190. The van der Waals surface area contributed by atoms with Crippen molar-refractivity contribution in [2.45, 2.75) is 39.0 Å². The van der Waals surface area contributed by atoms with E-state index in [0.29, 0.717) is 18.7 Å². The van der Waals surface area contributed by atoms with Crippen LogP contribution in [0.3, 0.4) is 0 Å². The predicted molar refractivity (Wildman–Crippen MR) is 118 cm³/mol. The molecule has 1 aromatic heterocycles. The van der Waals surface area contributed by atoms with Gasteiger partial charge in [0.15, 0.2) is 12.3 Å². The van der Waals surface area contributed by atoms with E-state index in [2.05, 4.69) is 11.4 Å². The number of hydrogen-bond acceptors (Lipinski definition) is 6. The quantitative estimate of drug-likeness (QED) is 0.610. The summed E-state index contributed by atoms with van der Waals surface area (Å²) in [5, 5.41) is 17.7.